The molecule has 0 rings (SSSR count). The van der Waals surface area contributed by atoms with Crippen LogP contribution < -0.4 is 0 Å². The Morgan fingerprint density at radius 3 is 2.00 bits per heavy atom. The van der Waals surface area contributed by atoms with Crippen LogP contribution in [0.3, 0.4) is 0 Å². The Morgan fingerprint density at radius 2 is 1.62 bits per heavy atom. The van der Waals surface area contributed by atoms with Gasteiger partial charge in [-0.25, -0.2) is 9.59 Å². The van der Waals surface area contributed by atoms with Crippen molar-refractivity contribution in [2.24, 2.45) is 0 Å². The smallest absolute Gasteiger partial charge is 0.418 e. The van der Waals surface area contributed by atoms with Crippen molar-refractivity contribution >= 4 is 11.9 Å². The largest absolute Gasteiger partial charge is 0.454 e. The maximum atomic E-state index is 11.4. The third kappa shape index (κ3) is 4.64. The van der Waals surface area contributed by atoms with Gasteiger partial charge < -0.3 is 9.47 Å². The Balaban J connectivity index is 4.30. The topological polar surface area (TPSA) is 52.6 Å². The van der Waals surface area contributed by atoms with Crippen LogP contribution in [-0.2, 0) is 19.1 Å². The summed E-state index contributed by atoms with van der Waals surface area (Å²) in [6.45, 7) is 9.25. The molecule has 0 saturated carbocycles. The lowest BCUT2D eigenvalue weighted by Gasteiger charge is -2.26. The molecule has 0 bridgehead atoms. The zero-order valence-corrected chi connectivity index (χ0v) is 10.8. The zero-order valence-electron chi connectivity index (χ0n) is 10.8. The molecule has 0 aromatic rings. The lowest BCUT2D eigenvalue weighted by atomic mass is 10.0. The molecule has 4 nitrogen and oxygen atoms in total. The highest BCUT2D eigenvalue weighted by Gasteiger charge is 2.29. The summed E-state index contributed by atoms with van der Waals surface area (Å²) in [4.78, 5) is 22.8. The Hall–Kier alpha value is -1.06. The van der Waals surface area contributed by atoms with E-state index < -0.39 is 17.5 Å². The number of esters is 2. The van der Waals surface area contributed by atoms with E-state index in [4.69, 9.17) is 9.47 Å². The van der Waals surface area contributed by atoms with E-state index in [1.54, 1.807) is 13.8 Å². The Bertz CT molecular complexity index is 243. The number of hydrogen-bond acceptors (Lipinski definition) is 4. The molecule has 0 spiro atoms. The van der Waals surface area contributed by atoms with Crippen LogP contribution in [0.5, 0.6) is 0 Å². The molecule has 0 aliphatic carbocycles. The summed E-state index contributed by atoms with van der Waals surface area (Å²) in [6, 6.07) is 0. The number of ether oxygens (including phenoxy) is 2. The molecule has 16 heavy (non-hydrogen) atoms. The van der Waals surface area contributed by atoms with Crippen molar-refractivity contribution < 1.29 is 19.1 Å². The van der Waals surface area contributed by atoms with Crippen molar-refractivity contribution in [2.45, 2.75) is 65.6 Å². The van der Waals surface area contributed by atoms with Gasteiger partial charge in [0.25, 0.3) is 0 Å². The van der Waals surface area contributed by atoms with Gasteiger partial charge in [-0.3, -0.25) is 0 Å². The Kier molecular flexibility index (Phi) is 6.08. The minimum Gasteiger partial charge on any atom is -0.454 e. The summed E-state index contributed by atoms with van der Waals surface area (Å²) in [5.41, 5.74) is -0.578. The molecule has 0 heterocycles. The Morgan fingerprint density at radius 1 is 1.12 bits per heavy atom. The first-order valence-electron chi connectivity index (χ1n) is 5.82. The predicted molar refractivity (Wildman–Crippen MR) is 60.9 cm³/mol. The van der Waals surface area contributed by atoms with Gasteiger partial charge in [0, 0.05) is 0 Å². The zero-order chi connectivity index (χ0) is 12.8. The van der Waals surface area contributed by atoms with Crippen LogP contribution in [0, 0.1) is 0 Å². The van der Waals surface area contributed by atoms with Gasteiger partial charge in [0.1, 0.15) is 5.60 Å². The summed E-state index contributed by atoms with van der Waals surface area (Å²) in [5.74, 6) is -1.80. The second-order valence-electron chi connectivity index (χ2n) is 4.17. The van der Waals surface area contributed by atoms with Gasteiger partial charge in [-0.15, -0.1) is 0 Å². The summed E-state index contributed by atoms with van der Waals surface area (Å²) >= 11 is 0. The van der Waals surface area contributed by atoms with Crippen molar-refractivity contribution in [3.8, 4) is 0 Å². The molecule has 0 fully saturated rings. The van der Waals surface area contributed by atoms with E-state index in [1.807, 2.05) is 20.8 Å². The average molecular weight is 230 g/mol. The molecular formula is C12H22O4. The molecule has 0 aromatic heterocycles. The standard InChI is InChI=1S/C12H22O4/c1-6-9(4)15-10(13)11(14)16-12(5,7-2)8-3/h9H,6-8H2,1-5H3. The van der Waals surface area contributed by atoms with E-state index in [0.717, 1.165) is 0 Å². The quantitative estimate of drug-likeness (QED) is 0.537. The SMILES string of the molecule is CCC(C)OC(=O)C(=O)OC(C)(CC)CC. The van der Waals surface area contributed by atoms with Crippen LogP contribution in [0.4, 0.5) is 0 Å². The first kappa shape index (κ1) is 14.9. The van der Waals surface area contributed by atoms with Crippen molar-refractivity contribution in [3.63, 3.8) is 0 Å². The molecular weight excluding hydrogens is 208 g/mol. The minimum atomic E-state index is -0.900. The second kappa shape index (κ2) is 6.51. The van der Waals surface area contributed by atoms with Gasteiger partial charge in [-0.1, -0.05) is 20.8 Å². The Labute approximate surface area is 97.3 Å². The number of rotatable bonds is 5. The lowest BCUT2D eigenvalue weighted by Crippen LogP contribution is -2.35. The fourth-order valence-corrected chi connectivity index (χ4v) is 0.974. The normalized spacial score (nSPS) is 13.1. The van der Waals surface area contributed by atoms with E-state index in [9.17, 15) is 9.59 Å². The second-order valence-corrected chi connectivity index (χ2v) is 4.17. The third-order valence-electron chi connectivity index (χ3n) is 2.88. The van der Waals surface area contributed by atoms with E-state index in [-0.39, 0.29) is 6.10 Å². The van der Waals surface area contributed by atoms with Crippen LogP contribution in [0.15, 0.2) is 0 Å². The molecule has 1 atom stereocenters. The van der Waals surface area contributed by atoms with E-state index in [1.165, 1.54) is 0 Å². The van der Waals surface area contributed by atoms with Gasteiger partial charge in [0.2, 0.25) is 0 Å². The molecule has 1 unspecified atom stereocenters. The van der Waals surface area contributed by atoms with Gasteiger partial charge in [-0.05, 0) is 33.1 Å². The summed E-state index contributed by atoms with van der Waals surface area (Å²) in [5, 5.41) is 0. The van der Waals surface area contributed by atoms with Gasteiger partial charge in [0.05, 0.1) is 6.10 Å². The summed E-state index contributed by atoms with van der Waals surface area (Å²) in [6.07, 6.45) is 1.77. The predicted octanol–water partition coefficient (Wildman–Crippen LogP) is 2.45. The molecule has 0 aromatic carbocycles. The highest BCUT2D eigenvalue weighted by molar-refractivity contribution is 6.29. The first-order valence-corrected chi connectivity index (χ1v) is 5.82. The average Bonchev–Trinajstić information content (AvgIpc) is 2.28. The molecule has 0 amide bonds. The van der Waals surface area contributed by atoms with E-state index >= 15 is 0 Å². The van der Waals surface area contributed by atoms with E-state index in [0.29, 0.717) is 19.3 Å². The van der Waals surface area contributed by atoms with Crippen LogP contribution in [0.25, 0.3) is 0 Å². The fraction of sp³-hybridized carbons (Fsp3) is 0.833. The molecule has 94 valence electrons. The van der Waals surface area contributed by atoms with Crippen LogP contribution in [0.1, 0.15) is 53.9 Å². The van der Waals surface area contributed by atoms with Crippen LogP contribution >= 0.6 is 0 Å². The maximum Gasteiger partial charge on any atom is 0.418 e. The minimum absolute atomic E-state index is 0.255. The summed E-state index contributed by atoms with van der Waals surface area (Å²) < 4.78 is 10.0. The summed E-state index contributed by atoms with van der Waals surface area (Å²) in [7, 11) is 0. The molecule has 0 radical (unpaired) electrons. The molecule has 0 aliphatic rings. The van der Waals surface area contributed by atoms with Crippen LogP contribution in [-0.4, -0.2) is 23.6 Å². The number of carbonyl (C=O) groups excluding carboxylic acids is 2. The lowest BCUT2D eigenvalue weighted by molar-refractivity contribution is -0.179. The van der Waals surface area contributed by atoms with Crippen molar-refractivity contribution in [2.75, 3.05) is 0 Å². The number of hydrogen-bond donors (Lipinski definition) is 0. The first-order chi connectivity index (χ1) is 7.38. The highest BCUT2D eigenvalue weighted by Crippen LogP contribution is 2.19. The van der Waals surface area contributed by atoms with Gasteiger partial charge in [0.15, 0.2) is 0 Å². The van der Waals surface area contributed by atoms with Crippen LogP contribution in [0.2, 0.25) is 0 Å². The van der Waals surface area contributed by atoms with Crippen molar-refractivity contribution in [1.29, 1.82) is 0 Å². The van der Waals surface area contributed by atoms with Gasteiger partial charge in [-0.2, -0.15) is 0 Å². The van der Waals surface area contributed by atoms with E-state index in [2.05, 4.69) is 0 Å². The van der Waals surface area contributed by atoms with Crippen molar-refractivity contribution in [1.82, 2.24) is 0 Å². The highest BCUT2D eigenvalue weighted by atomic mass is 16.6. The fourth-order valence-electron chi connectivity index (χ4n) is 0.974. The molecule has 0 saturated heterocycles. The molecule has 4 heteroatoms. The van der Waals surface area contributed by atoms with Gasteiger partial charge >= 0.3 is 11.9 Å². The van der Waals surface area contributed by atoms with Crippen molar-refractivity contribution in [3.05, 3.63) is 0 Å². The maximum absolute atomic E-state index is 11.4. The monoisotopic (exact) mass is 230 g/mol. The molecule has 0 N–H and O–H groups in total. The third-order valence-corrected chi connectivity index (χ3v) is 2.88. The number of carbonyl (C=O) groups is 2. The molecule has 0 aliphatic heterocycles.